The minimum atomic E-state index is 0.102. The summed E-state index contributed by atoms with van der Waals surface area (Å²) in [6, 6.07) is 0. The third-order valence-corrected chi connectivity index (χ3v) is 1.95. The monoisotopic (exact) mass is 157 g/mol. The largest absolute Gasteiger partial charge is 0.361 e. The molecule has 58 valence electrons. The second kappa shape index (κ2) is 3.15. The van der Waals surface area contributed by atoms with Crippen LogP contribution in [0.5, 0.6) is 0 Å². The lowest BCUT2D eigenvalue weighted by molar-refractivity contribution is 0.288. The second-order valence-corrected chi connectivity index (χ2v) is 3.69. The molecule has 0 aromatic carbocycles. The summed E-state index contributed by atoms with van der Waals surface area (Å²) in [6.07, 6.45) is 1.70. The Morgan fingerprint density at radius 2 is 1.90 bits per heavy atom. The molecule has 0 unspecified atom stereocenters. The zero-order valence-corrected chi connectivity index (χ0v) is 7.96. The van der Waals surface area contributed by atoms with E-state index >= 15 is 0 Å². The van der Waals surface area contributed by atoms with Gasteiger partial charge in [0.2, 0.25) is 0 Å². The molecule has 0 aliphatic rings. The molecule has 10 heavy (non-hydrogen) atoms. The lowest BCUT2D eigenvalue weighted by atomic mass is 10.1. The first-order valence-electron chi connectivity index (χ1n) is 3.30. The maximum absolute atomic E-state index is 5.03. The molecule has 0 atom stereocenters. The predicted molar refractivity (Wildman–Crippen MR) is 50.3 cm³/mol. The number of likely N-dealkylation sites (N-methyl/N-ethyl adjacent to an activating group) is 1. The molecule has 0 aromatic heterocycles. The summed E-state index contributed by atoms with van der Waals surface area (Å²) < 4.78 is 0. The van der Waals surface area contributed by atoms with Gasteiger partial charge in [-0.05, 0) is 26.8 Å². The summed E-state index contributed by atoms with van der Waals surface area (Å²) in [4.78, 5) is 2.82. The lowest BCUT2D eigenvalue weighted by Gasteiger charge is -2.33. The van der Waals surface area contributed by atoms with Crippen LogP contribution < -0.4 is 0 Å². The standard InChI is InChI=1S/C8H15NS/c1-6-7(10)9(5)8(2,3)4/h6H,1H2,2-5H3. The van der Waals surface area contributed by atoms with Crippen molar-refractivity contribution >= 4 is 17.2 Å². The van der Waals surface area contributed by atoms with E-state index in [0.717, 1.165) is 4.99 Å². The summed E-state index contributed by atoms with van der Waals surface area (Å²) in [6.45, 7) is 9.95. The zero-order chi connectivity index (χ0) is 8.36. The summed E-state index contributed by atoms with van der Waals surface area (Å²) in [5, 5.41) is 0. The number of hydrogen-bond acceptors (Lipinski definition) is 1. The molecule has 0 fully saturated rings. The van der Waals surface area contributed by atoms with E-state index in [1.807, 2.05) is 11.9 Å². The molecule has 0 rings (SSSR count). The van der Waals surface area contributed by atoms with Gasteiger partial charge in [0.25, 0.3) is 0 Å². The van der Waals surface area contributed by atoms with Crippen LogP contribution >= 0.6 is 12.2 Å². The van der Waals surface area contributed by atoms with Gasteiger partial charge in [0.05, 0.1) is 0 Å². The van der Waals surface area contributed by atoms with Crippen LogP contribution in [-0.2, 0) is 0 Å². The minimum Gasteiger partial charge on any atom is -0.361 e. The Morgan fingerprint density at radius 3 is 2.00 bits per heavy atom. The molecule has 0 aliphatic carbocycles. The van der Waals surface area contributed by atoms with E-state index in [0.29, 0.717) is 0 Å². The van der Waals surface area contributed by atoms with Crippen LogP contribution in [0.3, 0.4) is 0 Å². The van der Waals surface area contributed by atoms with E-state index in [2.05, 4.69) is 27.4 Å². The Labute approximate surface area is 68.7 Å². The average molecular weight is 157 g/mol. The molecule has 0 heterocycles. The van der Waals surface area contributed by atoms with Gasteiger partial charge < -0.3 is 4.90 Å². The summed E-state index contributed by atoms with van der Waals surface area (Å²) in [7, 11) is 1.98. The van der Waals surface area contributed by atoms with E-state index in [9.17, 15) is 0 Å². The Kier molecular flexibility index (Phi) is 3.03. The first-order valence-corrected chi connectivity index (χ1v) is 3.70. The van der Waals surface area contributed by atoms with Crippen LogP contribution in [0.25, 0.3) is 0 Å². The summed E-state index contributed by atoms with van der Waals surface area (Å²) in [5.41, 5.74) is 0.102. The van der Waals surface area contributed by atoms with Crippen LogP contribution in [0.2, 0.25) is 0 Å². The van der Waals surface area contributed by atoms with Crippen molar-refractivity contribution in [3.8, 4) is 0 Å². The van der Waals surface area contributed by atoms with Crippen LogP contribution in [0.1, 0.15) is 20.8 Å². The van der Waals surface area contributed by atoms with Gasteiger partial charge in [-0.25, -0.2) is 0 Å². The highest BCUT2D eigenvalue weighted by molar-refractivity contribution is 7.80. The van der Waals surface area contributed by atoms with Gasteiger partial charge in [0.15, 0.2) is 0 Å². The maximum atomic E-state index is 5.03. The second-order valence-electron chi connectivity index (χ2n) is 3.27. The molecule has 2 heteroatoms. The minimum absolute atomic E-state index is 0.102. The molecule has 0 amide bonds. The highest BCUT2D eigenvalue weighted by Gasteiger charge is 2.17. The number of nitrogens with zero attached hydrogens (tertiary/aromatic N) is 1. The van der Waals surface area contributed by atoms with Crippen molar-refractivity contribution in [1.29, 1.82) is 0 Å². The quantitative estimate of drug-likeness (QED) is 0.424. The highest BCUT2D eigenvalue weighted by Crippen LogP contribution is 2.11. The molecule has 0 saturated heterocycles. The molecule has 0 bridgehead atoms. The maximum Gasteiger partial charge on any atom is 0.101 e. The van der Waals surface area contributed by atoms with Crippen molar-refractivity contribution < 1.29 is 0 Å². The fourth-order valence-corrected chi connectivity index (χ4v) is 0.741. The first kappa shape index (κ1) is 9.63. The molecule has 1 nitrogen and oxygen atoms in total. The van der Waals surface area contributed by atoms with Crippen molar-refractivity contribution in [1.82, 2.24) is 4.90 Å². The summed E-state index contributed by atoms with van der Waals surface area (Å²) >= 11 is 5.03. The fourth-order valence-electron chi connectivity index (χ4n) is 0.468. The molecular formula is C8H15NS. The molecule has 0 N–H and O–H groups in total. The van der Waals surface area contributed by atoms with Gasteiger partial charge >= 0.3 is 0 Å². The number of thiocarbonyl (C=S) groups is 1. The SMILES string of the molecule is C=CC(=S)N(C)C(C)(C)C. The number of hydrogen-bond donors (Lipinski definition) is 0. The van der Waals surface area contributed by atoms with Crippen LogP contribution in [0.15, 0.2) is 12.7 Å². The summed E-state index contributed by atoms with van der Waals surface area (Å²) in [5.74, 6) is 0. The van der Waals surface area contributed by atoms with Crippen molar-refractivity contribution in [2.24, 2.45) is 0 Å². The van der Waals surface area contributed by atoms with E-state index in [-0.39, 0.29) is 5.54 Å². The third-order valence-electron chi connectivity index (χ3n) is 1.51. The van der Waals surface area contributed by atoms with Crippen LogP contribution in [0, 0.1) is 0 Å². The zero-order valence-electron chi connectivity index (χ0n) is 7.14. The van der Waals surface area contributed by atoms with Gasteiger partial charge in [-0.3, -0.25) is 0 Å². The van der Waals surface area contributed by atoms with Crippen molar-refractivity contribution in [3.05, 3.63) is 12.7 Å². The van der Waals surface area contributed by atoms with Crippen LogP contribution in [-0.4, -0.2) is 22.5 Å². The van der Waals surface area contributed by atoms with Gasteiger partial charge in [-0.15, -0.1) is 0 Å². The lowest BCUT2D eigenvalue weighted by Crippen LogP contribution is -2.40. The molecule has 0 saturated carbocycles. The van der Waals surface area contributed by atoms with Crippen molar-refractivity contribution in [3.63, 3.8) is 0 Å². The van der Waals surface area contributed by atoms with Gasteiger partial charge in [0.1, 0.15) is 4.99 Å². The first-order chi connectivity index (χ1) is 4.39. The van der Waals surface area contributed by atoms with E-state index in [1.54, 1.807) is 6.08 Å². The van der Waals surface area contributed by atoms with Gasteiger partial charge in [0, 0.05) is 12.6 Å². The van der Waals surface area contributed by atoms with Gasteiger partial charge in [-0.2, -0.15) is 0 Å². The normalized spacial score (nSPS) is 10.8. The molecular weight excluding hydrogens is 142 g/mol. The van der Waals surface area contributed by atoms with Crippen LogP contribution in [0.4, 0.5) is 0 Å². The highest BCUT2D eigenvalue weighted by atomic mass is 32.1. The Bertz CT molecular complexity index is 144. The molecule has 0 spiro atoms. The van der Waals surface area contributed by atoms with Gasteiger partial charge in [-0.1, -0.05) is 18.8 Å². The fraction of sp³-hybridized carbons (Fsp3) is 0.625. The third kappa shape index (κ3) is 2.48. The molecule has 0 aliphatic heterocycles. The molecule has 0 radical (unpaired) electrons. The Hall–Kier alpha value is -0.370. The Morgan fingerprint density at radius 1 is 1.50 bits per heavy atom. The Balaban J connectivity index is 4.21. The number of rotatable bonds is 1. The average Bonchev–Trinajstić information content (AvgIpc) is 1.83. The van der Waals surface area contributed by atoms with E-state index in [1.165, 1.54) is 0 Å². The molecule has 0 aromatic rings. The smallest absolute Gasteiger partial charge is 0.101 e. The van der Waals surface area contributed by atoms with Crippen molar-refractivity contribution in [2.75, 3.05) is 7.05 Å². The predicted octanol–water partition coefficient (Wildman–Crippen LogP) is 2.23. The van der Waals surface area contributed by atoms with E-state index in [4.69, 9.17) is 12.2 Å². The van der Waals surface area contributed by atoms with E-state index < -0.39 is 0 Å². The topological polar surface area (TPSA) is 3.24 Å². The van der Waals surface area contributed by atoms with Crippen molar-refractivity contribution in [2.45, 2.75) is 26.3 Å².